The molecule has 0 aliphatic carbocycles. The summed E-state index contributed by atoms with van der Waals surface area (Å²) in [7, 11) is 0. The van der Waals surface area contributed by atoms with Crippen molar-refractivity contribution in [3.05, 3.63) is 49.9 Å². The molecule has 0 saturated heterocycles. The van der Waals surface area contributed by atoms with Gasteiger partial charge in [-0.15, -0.1) is 0 Å². The minimum absolute atomic E-state index is 0.338. The lowest BCUT2D eigenvalue weighted by Gasteiger charge is -2.05. The van der Waals surface area contributed by atoms with Gasteiger partial charge in [0.05, 0.1) is 6.54 Å². The molecule has 0 unspecified atom stereocenters. The topological polar surface area (TPSA) is 17.8 Å². The van der Waals surface area contributed by atoms with E-state index in [1.54, 1.807) is 10.7 Å². The first-order valence-electron chi connectivity index (χ1n) is 4.39. The van der Waals surface area contributed by atoms with Crippen LogP contribution < -0.4 is 0 Å². The van der Waals surface area contributed by atoms with E-state index in [1.807, 2.05) is 6.07 Å². The van der Waals surface area contributed by atoms with Crippen molar-refractivity contribution in [3.63, 3.8) is 0 Å². The van der Waals surface area contributed by atoms with Crippen LogP contribution in [-0.2, 0) is 6.54 Å². The Balaban J connectivity index is 2.30. The zero-order valence-corrected chi connectivity index (χ0v) is 11.9. The monoisotopic (exact) mass is 366 g/mol. The summed E-state index contributed by atoms with van der Waals surface area (Å²) in [5.41, 5.74) is 0.819. The second-order valence-corrected chi connectivity index (χ2v) is 5.22. The quantitative estimate of drug-likeness (QED) is 0.775. The molecule has 0 spiro atoms. The van der Waals surface area contributed by atoms with Crippen LogP contribution in [0.5, 0.6) is 0 Å². The van der Waals surface area contributed by atoms with Gasteiger partial charge in [-0.1, -0.05) is 17.7 Å². The van der Waals surface area contributed by atoms with E-state index in [0.29, 0.717) is 11.6 Å². The Hall–Kier alpha value is -0.390. The second kappa shape index (κ2) is 4.85. The lowest BCUT2D eigenvalue weighted by atomic mass is 10.2. The average Bonchev–Trinajstić information content (AvgIpc) is 2.50. The van der Waals surface area contributed by atoms with Gasteiger partial charge in [0.25, 0.3) is 0 Å². The predicted molar refractivity (Wildman–Crippen MR) is 68.1 cm³/mol. The molecule has 0 saturated carbocycles. The molecule has 2 nitrogen and oxygen atoms in total. The Kier molecular flexibility index (Phi) is 3.66. The van der Waals surface area contributed by atoms with Crippen molar-refractivity contribution in [2.45, 2.75) is 6.54 Å². The minimum atomic E-state index is -0.338. The molecule has 0 bridgehead atoms. The molecule has 1 aromatic carbocycles. The van der Waals surface area contributed by atoms with Crippen molar-refractivity contribution < 1.29 is 4.39 Å². The van der Waals surface area contributed by atoms with Crippen molar-refractivity contribution in [1.82, 2.24) is 9.78 Å². The van der Waals surface area contributed by atoms with Gasteiger partial charge in [-0.3, -0.25) is 4.68 Å². The fourth-order valence-corrected chi connectivity index (χ4v) is 2.65. The lowest BCUT2D eigenvalue weighted by Crippen LogP contribution is -2.02. The SMILES string of the molecule is Fc1ccc(Cn2nc(Br)cc2Br)c(Cl)c1. The third kappa shape index (κ3) is 2.64. The van der Waals surface area contributed by atoms with Crippen LogP contribution in [0.25, 0.3) is 0 Å². The lowest BCUT2D eigenvalue weighted by molar-refractivity contribution is 0.623. The maximum Gasteiger partial charge on any atom is 0.129 e. The highest BCUT2D eigenvalue weighted by Crippen LogP contribution is 2.22. The molecule has 0 atom stereocenters. The summed E-state index contributed by atoms with van der Waals surface area (Å²) in [6, 6.07) is 6.16. The molecule has 84 valence electrons. The number of rotatable bonds is 2. The van der Waals surface area contributed by atoms with Crippen molar-refractivity contribution in [2.24, 2.45) is 0 Å². The summed E-state index contributed by atoms with van der Waals surface area (Å²) in [6.45, 7) is 0.491. The van der Waals surface area contributed by atoms with Gasteiger partial charge in [0, 0.05) is 11.1 Å². The number of aromatic nitrogens is 2. The molecule has 2 rings (SSSR count). The van der Waals surface area contributed by atoms with E-state index in [4.69, 9.17) is 11.6 Å². The second-order valence-electron chi connectivity index (χ2n) is 3.18. The molecule has 0 N–H and O–H groups in total. The molecule has 1 aromatic heterocycles. The highest BCUT2D eigenvalue weighted by Gasteiger charge is 2.07. The van der Waals surface area contributed by atoms with Gasteiger partial charge in [-0.25, -0.2) is 4.39 Å². The first-order valence-corrected chi connectivity index (χ1v) is 6.35. The highest BCUT2D eigenvalue weighted by atomic mass is 79.9. The molecule has 1 heterocycles. The van der Waals surface area contributed by atoms with Crippen LogP contribution in [0.4, 0.5) is 4.39 Å². The molecule has 0 aliphatic rings. The fourth-order valence-electron chi connectivity index (χ4n) is 1.29. The van der Waals surface area contributed by atoms with Gasteiger partial charge in [-0.05, 0) is 49.6 Å². The first-order chi connectivity index (χ1) is 7.56. The van der Waals surface area contributed by atoms with Crippen molar-refractivity contribution >= 4 is 43.5 Å². The minimum Gasteiger partial charge on any atom is -0.253 e. The summed E-state index contributed by atoms with van der Waals surface area (Å²) in [5.74, 6) is -0.338. The number of hydrogen-bond donors (Lipinski definition) is 0. The van der Waals surface area contributed by atoms with E-state index in [1.165, 1.54) is 12.1 Å². The molecule has 0 radical (unpaired) electrons. The first kappa shape index (κ1) is 12.1. The normalized spacial score (nSPS) is 10.8. The van der Waals surface area contributed by atoms with E-state index in [-0.39, 0.29) is 5.82 Å². The predicted octanol–water partition coefficient (Wildman–Crippen LogP) is 4.25. The Morgan fingerprint density at radius 3 is 2.62 bits per heavy atom. The van der Waals surface area contributed by atoms with Crippen molar-refractivity contribution in [3.8, 4) is 0 Å². The number of benzene rings is 1. The van der Waals surface area contributed by atoms with Crippen LogP contribution >= 0.6 is 43.5 Å². The van der Waals surface area contributed by atoms with E-state index in [2.05, 4.69) is 37.0 Å². The third-order valence-corrected chi connectivity index (χ3v) is 3.41. The fraction of sp³-hybridized carbons (Fsp3) is 0.100. The van der Waals surface area contributed by atoms with Gasteiger partial charge < -0.3 is 0 Å². The molecule has 2 aromatic rings. The van der Waals surface area contributed by atoms with E-state index >= 15 is 0 Å². The largest absolute Gasteiger partial charge is 0.253 e. The summed E-state index contributed by atoms with van der Waals surface area (Å²) in [4.78, 5) is 0. The zero-order chi connectivity index (χ0) is 11.7. The maximum absolute atomic E-state index is 12.8. The van der Waals surface area contributed by atoms with Gasteiger partial charge in [0.15, 0.2) is 0 Å². The van der Waals surface area contributed by atoms with Crippen LogP contribution in [0.15, 0.2) is 33.5 Å². The van der Waals surface area contributed by atoms with E-state index < -0.39 is 0 Å². The van der Waals surface area contributed by atoms with Crippen LogP contribution in [-0.4, -0.2) is 9.78 Å². The smallest absolute Gasteiger partial charge is 0.129 e. The Morgan fingerprint density at radius 1 is 1.31 bits per heavy atom. The molecule has 0 aliphatic heterocycles. The van der Waals surface area contributed by atoms with Gasteiger partial charge >= 0.3 is 0 Å². The maximum atomic E-state index is 12.8. The van der Waals surface area contributed by atoms with E-state index in [9.17, 15) is 4.39 Å². The standard InChI is InChI=1S/C10H6Br2ClFN2/c11-9-4-10(12)16(15-9)5-6-1-2-7(14)3-8(6)13/h1-4H,5H2. The van der Waals surface area contributed by atoms with Gasteiger partial charge in [-0.2, -0.15) is 5.10 Å². The Bertz CT molecular complexity index is 528. The molecule has 0 amide bonds. The number of nitrogens with zero attached hydrogens (tertiary/aromatic N) is 2. The Labute approximate surface area is 114 Å². The van der Waals surface area contributed by atoms with Crippen LogP contribution in [0.3, 0.4) is 0 Å². The van der Waals surface area contributed by atoms with Gasteiger partial charge in [0.1, 0.15) is 15.0 Å². The van der Waals surface area contributed by atoms with Gasteiger partial charge in [0.2, 0.25) is 0 Å². The van der Waals surface area contributed by atoms with Crippen molar-refractivity contribution in [1.29, 1.82) is 0 Å². The number of halogens is 4. The summed E-state index contributed by atoms with van der Waals surface area (Å²) in [5, 5.41) is 4.60. The summed E-state index contributed by atoms with van der Waals surface area (Å²) >= 11 is 12.6. The average molecular weight is 368 g/mol. The summed E-state index contributed by atoms with van der Waals surface area (Å²) in [6.07, 6.45) is 0. The van der Waals surface area contributed by atoms with E-state index in [0.717, 1.165) is 14.8 Å². The zero-order valence-electron chi connectivity index (χ0n) is 7.92. The molecular formula is C10H6Br2ClFN2. The molecular weight excluding hydrogens is 362 g/mol. The van der Waals surface area contributed by atoms with Crippen LogP contribution in [0, 0.1) is 5.82 Å². The van der Waals surface area contributed by atoms with Crippen LogP contribution in [0.1, 0.15) is 5.56 Å². The Morgan fingerprint density at radius 2 is 2.06 bits per heavy atom. The molecule has 16 heavy (non-hydrogen) atoms. The summed E-state index contributed by atoms with van der Waals surface area (Å²) < 4.78 is 16.1. The van der Waals surface area contributed by atoms with Crippen molar-refractivity contribution in [2.75, 3.05) is 0 Å². The van der Waals surface area contributed by atoms with Crippen LogP contribution in [0.2, 0.25) is 5.02 Å². The molecule has 0 fully saturated rings. The highest BCUT2D eigenvalue weighted by molar-refractivity contribution is 9.11. The third-order valence-electron chi connectivity index (χ3n) is 2.04. The number of hydrogen-bond acceptors (Lipinski definition) is 1. The molecule has 6 heteroatoms.